The second kappa shape index (κ2) is 12.9. The molecule has 0 unspecified atom stereocenters. The van der Waals surface area contributed by atoms with Crippen LogP contribution in [-0.4, -0.2) is 68.4 Å². The van der Waals surface area contributed by atoms with Gasteiger partial charge >= 0.3 is 0 Å². The smallest absolute Gasteiger partial charge is 0.245 e. The zero-order chi connectivity index (χ0) is 22.0. The van der Waals surface area contributed by atoms with E-state index in [2.05, 4.69) is 10.6 Å². The lowest BCUT2D eigenvalue weighted by atomic mass is 9.90. The van der Waals surface area contributed by atoms with Gasteiger partial charge in [-0.2, -0.15) is 0 Å². The zero-order valence-corrected chi connectivity index (χ0v) is 19.1. The number of carbonyl (C=O) groups is 3. The first-order valence-corrected chi connectivity index (χ1v) is 10.3. The largest absolute Gasteiger partial charge is 0.379 e. The molecule has 0 aromatic carbocycles. The highest BCUT2D eigenvalue weighted by Gasteiger charge is 2.37. The number of nitrogens with zero attached hydrogens (tertiary/aromatic N) is 1. The second-order valence-electron chi connectivity index (χ2n) is 8.24. The Bertz CT molecular complexity index is 496. The van der Waals surface area contributed by atoms with Crippen LogP contribution in [0.1, 0.15) is 54.4 Å². The Morgan fingerprint density at radius 2 is 1.61 bits per heavy atom. The summed E-state index contributed by atoms with van der Waals surface area (Å²) in [6.45, 7) is 11.8. The first kappa shape index (κ1) is 26.5. The lowest BCUT2D eigenvalue weighted by Gasteiger charge is -2.39. The van der Waals surface area contributed by atoms with Crippen molar-refractivity contribution in [3.8, 4) is 0 Å². The standard InChI is InChI=1S/C21H41N3O4/c1-10-15(6)19(16(28-9)11-12-25)24(8)21(27)18(14(4)5)23-20(26)17(22-7)13(2)3/h12-19,22H,10-11H2,1-9H3,(H,23,26)/t15-,16+,17-,18-,19-/m1/s1. The number of hydrogen-bond acceptors (Lipinski definition) is 5. The van der Waals surface area contributed by atoms with E-state index in [4.69, 9.17) is 4.74 Å². The highest BCUT2D eigenvalue weighted by molar-refractivity contribution is 5.90. The average molecular weight is 400 g/mol. The number of hydrogen-bond donors (Lipinski definition) is 2. The molecule has 0 saturated heterocycles. The Hall–Kier alpha value is -1.47. The van der Waals surface area contributed by atoms with Crippen LogP contribution in [0.2, 0.25) is 0 Å². The predicted molar refractivity (Wildman–Crippen MR) is 112 cm³/mol. The zero-order valence-electron chi connectivity index (χ0n) is 19.1. The van der Waals surface area contributed by atoms with Crippen molar-refractivity contribution in [2.45, 2.75) is 78.6 Å². The summed E-state index contributed by atoms with van der Waals surface area (Å²) in [5.74, 6) is -0.185. The number of methoxy groups -OCH3 is 1. The van der Waals surface area contributed by atoms with Crippen molar-refractivity contribution < 1.29 is 19.1 Å². The highest BCUT2D eigenvalue weighted by Crippen LogP contribution is 2.22. The summed E-state index contributed by atoms with van der Waals surface area (Å²) in [7, 11) is 5.03. The quantitative estimate of drug-likeness (QED) is 0.462. The lowest BCUT2D eigenvalue weighted by molar-refractivity contribution is -0.143. The van der Waals surface area contributed by atoms with E-state index < -0.39 is 6.04 Å². The van der Waals surface area contributed by atoms with E-state index in [1.165, 1.54) is 0 Å². The van der Waals surface area contributed by atoms with Crippen molar-refractivity contribution in [2.24, 2.45) is 17.8 Å². The van der Waals surface area contributed by atoms with Gasteiger partial charge in [0, 0.05) is 20.6 Å². The molecule has 0 fully saturated rings. The van der Waals surface area contributed by atoms with Crippen molar-refractivity contribution in [3.05, 3.63) is 0 Å². The Labute approximate surface area is 170 Å². The molecule has 28 heavy (non-hydrogen) atoms. The summed E-state index contributed by atoms with van der Waals surface area (Å²) in [6.07, 6.45) is 1.50. The summed E-state index contributed by atoms with van der Waals surface area (Å²) in [5.41, 5.74) is 0. The van der Waals surface area contributed by atoms with Crippen LogP contribution in [0.4, 0.5) is 0 Å². The van der Waals surface area contributed by atoms with Crippen molar-refractivity contribution >= 4 is 18.1 Å². The first-order chi connectivity index (χ1) is 13.1. The topological polar surface area (TPSA) is 87.7 Å². The molecule has 0 bridgehead atoms. The van der Waals surface area contributed by atoms with E-state index in [-0.39, 0.29) is 54.2 Å². The number of ether oxygens (including phenoxy) is 1. The lowest BCUT2D eigenvalue weighted by Crippen LogP contribution is -2.59. The van der Waals surface area contributed by atoms with Gasteiger partial charge in [0.2, 0.25) is 11.8 Å². The fraction of sp³-hybridized carbons (Fsp3) is 0.857. The molecular formula is C21H41N3O4. The van der Waals surface area contributed by atoms with Gasteiger partial charge in [-0.3, -0.25) is 9.59 Å². The van der Waals surface area contributed by atoms with E-state index in [1.54, 1.807) is 26.1 Å². The maximum absolute atomic E-state index is 13.3. The van der Waals surface area contributed by atoms with Crippen LogP contribution in [0, 0.1) is 17.8 Å². The monoisotopic (exact) mass is 399 g/mol. The number of nitrogens with one attached hydrogen (secondary N) is 2. The van der Waals surface area contributed by atoms with Gasteiger partial charge in [0.25, 0.3) is 0 Å². The second-order valence-corrected chi connectivity index (χ2v) is 8.24. The number of carbonyl (C=O) groups excluding carboxylic acids is 3. The molecule has 0 aliphatic heterocycles. The van der Waals surface area contributed by atoms with Crippen LogP contribution in [0.5, 0.6) is 0 Å². The van der Waals surface area contributed by atoms with Crippen LogP contribution in [0.25, 0.3) is 0 Å². The molecule has 2 N–H and O–H groups in total. The Morgan fingerprint density at radius 3 is 1.96 bits per heavy atom. The molecule has 0 aliphatic rings. The number of likely N-dealkylation sites (N-methyl/N-ethyl adjacent to an activating group) is 2. The maximum Gasteiger partial charge on any atom is 0.245 e. The summed E-state index contributed by atoms with van der Waals surface area (Å²) in [6, 6.07) is -1.27. The Morgan fingerprint density at radius 1 is 1.07 bits per heavy atom. The van der Waals surface area contributed by atoms with Gasteiger partial charge in [0.15, 0.2) is 0 Å². The van der Waals surface area contributed by atoms with Crippen LogP contribution in [-0.2, 0) is 19.1 Å². The summed E-state index contributed by atoms with van der Waals surface area (Å²) >= 11 is 0. The molecule has 2 amide bonds. The normalized spacial score (nSPS) is 17.0. The van der Waals surface area contributed by atoms with Gasteiger partial charge in [0.05, 0.1) is 18.2 Å². The van der Waals surface area contributed by atoms with Crippen molar-refractivity contribution in [2.75, 3.05) is 21.2 Å². The summed E-state index contributed by atoms with van der Waals surface area (Å²) in [4.78, 5) is 38.8. The third kappa shape index (κ3) is 7.17. The number of amides is 2. The van der Waals surface area contributed by atoms with Crippen LogP contribution in [0.3, 0.4) is 0 Å². The van der Waals surface area contributed by atoms with E-state index in [0.29, 0.717) is 0 Å². The van der Waals surface area contributed by atoms with Gasteiger partial charge in [0.1, 0.15) is 12.3 Å². The van der Waals surface area contributed by atoms with Gasteiger partial charge in [-0.15, -0.1) is 0 Å². The minimum absolute atomic E-state index is 0.0757. The molecule has 0 saturated carbocycles. The van der Waals surface area contributed by atoms with Crippen LogP contribution >= 0.6 is 0 Å². The van der Waals surface area contributed by atoms with E-state index in [1.807, 2.05) is 41.5 Å². The molecule has 0 aliphatic carbocycles. The van der Waals surface area contributed by atoms with Gasteiger partial charge < -0.3 is 25.1 Å². The van der Waals surface area contributed by atoms with Crippen molar-refractivity contribution in [1.82, 2.24) is 15.5 Å². The van der Waals surface area contributed by atoms with Gasteiger partial charge in [-0.1, -0.05) is 48.0 Å². The molecule has 5 atom stereocenters. The SMILES string of the molecule is CC[C@@H](C)[C@H]([C@H](CC=O)OC)N(C)C(=O)[C@H](NC(=O)[C@H](NC)C(C)C)C(C)C. The van der Waals surface area contributed by atoms with E-state index in [0.717, 1.165) is 12.7 Å². The third-order valence-corrected chi connectivity index (χ3v) is 5.52. The fourth-order valence-electron chi connectivity index (χ4n) is 3.60. The fourth-order valence-corrected chi connectivity index (χ4v) is 3.60. The molecule has 0 aromatic heterocycles. The highest BCUT2D eigenvalue weighted by atomic mass is 16.5. The summed E-state index contributed by atoms with van der Waals surface area (Å²) < 4.78 is 5.53. The molecule has 7 heteroatoms. The minimum atomic E-state index is -0.646. The third-order valence-electron chi connectivity index (χ3n) is 5.52. The van der Waals surface area contributed by atoms with E-state index >= 15 is 0 Å². The predicted octanol–water partition coefficient (Wildman–Crippen LogP) is 1.85. The average Bonchev–Trinajstić information content (AvgIpc) is 2.64. The molecule has 0 rings (SSSR count). The molecule has 0 radical (unpaired) electrons. The Balaban J connectivity index is 5.65. The summed E-state index contributed by atoms with van der Waals surface area (Å²) in [5, 5.41) is 5.94. The maximum atomic E-state index is 13.3. The van der Waals surface area contributed by atoms with Crippen molar-refractivity contribution in [3.63, 3.8) is 0 Å². The number of aldehydes is 1. The molecule has 0 spiro atoms. The minimum Gasteiger partial charge on any atom is -0.379 e. The van der Waals surface area contributed by atoms with E-state index in [9.17, 15) is 14.4 Å². The molecule has 7 nitrogen and oxygen atoms in total. The van der Waals surface area contributed by atoms with Crippen LogP contribution in [0.15, 0.2) is 0 Å². The van der Waals surface area contributed by atoms with Gasteiger partial charge in [-0.05, 0) is 24.8 Å². The molecule has 0 heterocycles. The van der Waals surface area contributed by atoms with Crippen molar-refractivity contribution in [1.29, 1.82) is 0 Å². The van der Waals surface area contributed by atoms with Crippen LogP contribution < -0.4 is 10.6 Å². The Kier molecular flexibility index (Phi) is 12.2. The molecular weight excluding hydrogens is 358 g/mol. The number of rotatable bonds is 13. The first-order valence-electron chi connectivity index (χ1n) is 10.3. The molecule has 0 aromatic rings. The molecule has 164 valence electrons. The van der Waals surface area contributed by atoms with Gasteiger partial charge in [-0.25, -0.2) is 0 Å².